The van der Waals surface area contributed by atoms with E-state index in [9.17, 15) is 4.39 Å². The van der Waals surface area contributed by atoms with E-state index in [2.05, 4.69) is 9.24 Å². The zero-order valence-electron chi connectivity index (χ0n) is 6.02. The summed E-state index contributed by atoms with van der Waals surface area (Å²) in [5.41, 5.74) is 5.02. The van der Waals surface area contributed by atoms with Gasteiger partial charge in [0.15, 0.2) is 0 Å². The summed E-state index contributed by atoms with van der Waals surface area (Å²) in [5.74, 6) is -0.882. The van der Waals surface area contributed by atoms with Gasteiger partial charge in [-0.15, -0.1) is 9.24 Å². The molecule has 56 valence electrons. The predicted molar refractivity (Wildman–Crippen MR) is 42.1 cm³/mol. The van der Waals surface area contributed by atoms with Gasteiger partial charge in [0.05, 0.1) is 0 Å². The molecule has 0 aliphatic heterocycles. The molecule has 0 aromatic rings. The van der Waals surface area contributed by atoms with Crippen molar-refractivity contribution < 1.29 is 4.39 Å². The molecular weight excluding hydrogens is 136 g/mol. The quantitative estimate of drug-likeness (QED) is 0.608. The van der Waals surface area contributed by atoms with E-state index in [4.69, 9.17) is 5.73 Å². The highest BCUT2D eigenvalue weighted by Crippen LogP contribution is 2.30. The average molecular weight is 151 g/mol. The monoisotopic (exact) mass is 151 g/mol. The molecule has 0 saturated heterocycles. The Hall–Kier alpha value is 0.320. The molecule has 0 fully saturated rings. The zero-order valence-corrected chi connectivity index (χ0v) is 7.18. The number of hydrogen-bond donors (Lipinski definition) is 1. The minimum absolute atomic E-state index is 0.343. The minimum atomic E-state index is -0.882. The Morgan fingerprint density at radius 2 is 2.22 bits per heavy atom. The van der Waals surface area contributed by atoms with Crippen LogP contribution < -0.4 is 5.73 Å². The van der Waals surface area contributed by atoms with Gasteiger partial charge in [-0.2, -0.15) is 0 Å². The van der Waals surface area contributed by atoms with Crippen LogP contribution in [0.3, 0.4) is 0 Å². The smallest absolute Gasteiger partial charge is 0.120 e. The van der Waals surface area contributed by atoms with Crippen molar-refractivity contribution in [3.63, 3.8) is 0 Å². The second kappa shape index (κ2) is 3.48. The highest BCUT2D eigenvalue weighted by Gasteiger charge is 2.27. The maximum absolute atomic E-state index is 12.6. The van der Waals surface area contributed by atoms with Gasteiger partial charge in [-0.05, 0) is 6.42 Å². The molecule has 3 atom stereocenters. The summed E-state index contributed by atoms with van der Waals surface area (Å²) in [4.78, 5) is 0. The second-order valence-corrected chi connectivity index (χ2v) is 3.20. The first-order valence-electron chi connectivity index (χ1n) is 3.16. The Labute approximate surface area is 58.4 Å². The van der Waals surface area contributed by atoms with Crippen molar-refractivity contribution in [2.75, 3.05) is 6.54 Å². The highest BCUT2D eigenvalue weighted by molar-refractivity contribution is 7.17. The van der Waals surface area contributed by atoms with Crippen molar-refractivity contribution >= 4 is 9.24 Å². The lowest BCUT2D eigenvalue weighted by Gasteiger charge is -2.27. The van der Waals surface area contributed by atoms with E-state index >= 15 is 0 Å². The molecule has 0 aromatic heterocycles. The van der Waals surface area contributed by atoms with Gasteiger partial charge in [0, 0.05) is 12.0 Å². The normalized spacial score (nSPS) is 21.0. The molecule has 2 N–H and O–H groups in total. The van der Waals surface area contributed by atoms with Crippen LogP contribution in [-0.2, 0) is 0 Å². The van der Waals surface area contributed by atoms with Crippen LogP contribution in [0.4, 0.5) is 4.39 Å². The number of rotatable bonds is 3. The second-order valence-electron chi connectivity index (χ2n) is 2.61. The fourth-order valence-corrected chi connectivity index (χ4v) is 0.824. The predicted octanol–water partition coefficient (Wildman–Crippen LogP) is 1.53. The van der Waals surface area contributed by atoms with Crippen molar-refractivity contribution in [1.82, 2.24) is 0 Å². The van der Waals surface area contributed by atoms with Crippen LogP contribution in [0.2, 0.25) is 0 Å². The molecule has 0 amide bonds. The van der Waals surface area contributed by atoms with Gasteiger partial charge in [0.1, 0.15) is 5.91 Å². The summed E-state index contributed by atoms with van der Waals surface area (Å²) in [7, 11) is 2.15. The van der Waals surface area contributed by atoms with Crippen LogP contribution in [0.1, 0.15) is 20.3 Å². The SMILES string of the molecule is CCC(C)(CN)C(F)P. The van der Waals surface area contributed by atoms with Gasteiger partial charge in [0.25, 0.3) is 0 Å². The molecule has 9 heavy (non-hydrogen) atoms. The van der Waals surface area contributed by atoms with E-state index in [1.807, 2.05) is 13.8 Å². The third-order valence-electron chi connectivity index (χ3n) is 1.94. The summed E-state index contributed by atoms with van der Waals surface area (Å²) in [6.07, 6.45) is 0.786. The Balaban J connectivity index is 3.92. The molecule has 0 spiro atoms. The first kappa shape index (κ1) is 9.32. The third kappa shape index (κ3) is 2.19. The van der Waals surface area contributed by atoms with Crippen molar-refractivity contribution in [2.24, 2.45) is 11.1 Å². The number of hydrogen-bond acceptors (Lipinski definition) is 1. The van der Waals surface area contributed by atoms with E-state index in [-0.39, 0.29) is 5.41 Å². The molecule has 0 aromatic carbocycles. The maximum Gasteiger partial charge on any atom is 0.120 e. The Morgan fingerprint density at radius 3 is 2.22 bits per heavy atom. The molecule has 0 saturated carbocycles. The highest BCUT2D eigenvalue weighted by atomic mass is 31.0. The van der Waals surface area contributed by atoms with Gasteiger partial charge in [-0.1, -0.05) is 13.8 Å². The molecule has 0 aliphatic carbocycles. The largest absolute Gasteiger partial charge is 0.330 e. The molecular formula is C6H15FNP. The first-order chi connectivity index (χ1) is 4.06. The van der Waals surface area contributed by atoms with Crippen LogP contribution in [0.15, 0.2) is 0 Å². The lowest BCUT2D eigenvalue weighted by Crippen LogP contribution is -2.32. The lowest BCUT2D eigenvalue weighted by molar-refractivity contribution is 0.201. The molecule has 3 unspecified atom stereocenters. The molecule has 0 radical (unpaired) electrons. The fourth-order valence-electron chi connectivity index (χ4n) is 0.452. The Bertz CT molecular complexity index is 81.1. The van der Waals surface area contributed by atoms with Crippen LogP contribution in [0, 0.1) is 5.41 Å². The van der Waals surface area contributed by atoms with Crippen molar-refractivity contribution in [1.29, 1.82) is 0 Å². The van der Waals surface area contributed by atoms with Crippen LogP contribution in [0.5, 0.6) is 0 Å². The Morgan fingerprint density at radius 1 is 1.78 bits per heavy atom. The van der Waals surface area contributed by atoms with Crippen LogP contribution >= 0.6 is 9.24 Å². The average Bonchev–Trinajstić information content (AvgIpc) is 1.86. The van der Waals surface area contributed by atoms with E-state index in [0.29, 0.717) is 6.54 Å². The molecule has 1 nitrogen and oxygen atoms in total. The van der Waals surface area contributed by atoms with Crippen LogP contribution in [0.25, 0.3) is 0 Å². The first-order valence-corrected chi connectivity index (χ1v) is 3.83. The number of alkyl halides is 1. The lowest BCUT2D eigenvalue weighted by atomic mass is 9.89. The molecule has 0 bridgehead atoms. The summed E-state index contributed by atoms with van der Waals surface area (Å²) in [6.45, 7) is 4.21. The van der Waals surface area contributed by atoms with Gasteiger partial charge in [-0.25, -0.2) is 4.39 Å². The van der Waals surface area contributed by atoms with Gasteiger partial charge in [-0.3, -0.25) is 0 Å². The van der Waals surface area contributed by atoms with E-state index in [1.165, 1.54) is 0 Å². The molecule has 0 rings (SSSR count). The summed E-state index contributed by atoms with van der Waals surface area (Å²) in [5, 5.41) is 0. The van der Waals surface area contributed by atoms with Crippen molar-refractivity contribution in [2.45, 2.75) is 26.2 Å². The minimum Gasteiger partial charge on any atom is -0.330 e. The van der Waals surface area contributed by atoms with Gasteiger partial charge >= 0.3 is 0 Å². The standard InChI is InChI=1S/C6H15FNP/c1-3-6(2,4-8)5(7)9/h5H,3-4,8-9H2,1-2H3. The van der Waals surface area contributed by atoms with Gasteiger partial charge in [0.2, 0.25) is 0 Å². The summed E-state index contributed by atoms with van der Waals surface area (Å²) in [6, 6.07) is 0. The van der Waals surface area contributed by atoms with E-state index in [1.54, 1.807) is 0 Å². The van der Waals surface area contributed by atoms with E-state index in [0.717, 1.165) is 6.42 Å². The number of halogens is 1. The zero-order chi connectivity index (χ0) is 7.49. The van der Waals surface area contributed by atoms with Crippen molar-refractivity contribution in [3.8, 4) is 0 Å². The summed E-state index contributed by atoms with van der Waals surface area (Å²) < 4.78 is 12.6. The molecule has 0 aliphatic rings. The summed E-state index contributed by atoms with van der Waals surface area (Å²) >= 11 is 0. The van der Waals surface area contributed by atoms with E-state index < -0.39 is 5.91 Å². The Kier molecular flexibility index (Phi) is 3.60. The molecule has 3 heteroatoms. The maximum atomic E-state index is 12.6. The fraction of sp³-hybridized carbons (Fsp3) is 1.00. The van der Waals surface area contributed by atoms with Gasteiger partial charge < -0.3 is 5.73 Å². The molecule has 0 heterocycles. The third-order valence-corrected chi connectivity index (χ3v) is 2.74. The number of nitrogens with two attached hydrogens (primary N) is 1. The van der Waals surface area contributed by atoms with Crippen molar-refractivity contribution in [3.05, 3.63) is 0 Å². The van der Waals surface area contributed by atoms with Crippen LogP contribution in [-0.4, -0.2) is 12.5 Å². The topological polar surface area (TPSA) is 26.0 Å².